The van der Waals surface area contributed by atoms with Crippen LogP contribution in [0.4, 0.5) is 16.8 Å². The second-order valence-corrected chi connectivity index (χ2v) is 8.86. The predicted octanol–water partition coefficient (Wildman–Crippen LogP) is 3.52. The average Bonchev–Trinajstić information content (AvgIpc) is 3.45. The van der Waals surface area contributed by atoms with Crippen LogP contribution in [-0.4, -0.2) is 52.5 Å². The number of pyridine rings is 2. The fourth-order valence-corrected chi connectivity index (χ4v) is 4.81. The Labute approximate surface area is 184 Å². The summed E-state index contributed by atoms with van der Waals surface area (Å²) in [5.41, 5.74) is 1.76. The number of rotatable bonds is 5. The molecular weight excluding hydrogens is 414 g/mol. The first-order valence-electron chi connectivity index (χ1n) is 10.5. The van der Waals surface area contributed by atoms with Gasteiger partial charge in [-0.3, -0.25) is 0 Å². The minimum atomic E-state index is -0.740. The van der Waals surface area contributed by atoms with Crippen molar-refractivity contribution < 1.29 is 14.6 Å². The van der Waals surface area contributed by atoms with E-state index >= 15 is 0 Å². The average molecular weight is 440 g/mol. The van der Waals surface area contributed by atoms with E-state index in [4.69, 9.17) is 14.5 Å². The normalized spacial score (nSPS) is 20.7. The first kappa shape index (κ1) is 20.3. The lowest BCUT2D eigenvalue weighted by Crippen LogP contribution is -2.38. The third-order valence-corrected chi connectivity index (χ3v) is 6.62. The molecule has 2 saturated heterocycles. The first-order valence-corrected chi connectivity index (χ1v) is 11.3. The molecule has 31 heavy (non-hydrogen) atoms. The summed E-state index contributed by atoms with van der Waals surface area (Å²) in [6.07, 6.45) is 5.14. The number of ether oxygens (including phenoxy) is 2. The highest BCUT2D eigenvalue weighted by Crippen LogP contribution is 2.33. The lowest BCUT2D eigenvalue weighted by Gasteiger charge is -2.29. The number of anilines is 3. The Kier molecular flexibility index (Phi) is 5.58. The Balaban J connectivity index is 1.33. The number of aliphatic hydroxyl groups is 1. The third-order valence-electron chi connectivity index (χ3n) is 5.54. The van der Waals surface area contributed by atoms with Gasteiger partial charge >= 0.3 is 0 Å². The Morgan fingerprint density at radius 2 is 2.06 bits per heavy atom. The van der Waals surface area contributed by atoms with Crippen molar-refractivity contribution in [3.63, 3.8) is 0 Å². The molecule has 2 aliphatic rings. The molecule has 0 amide bonds. The standard InChI is InChI=1S/C22H25N5O3S/c1-22(29-10-11-30-22)15-7-8-23-20(12-15)26-19-6-2-5-17(25-19)18-13-24-21(31-18)27-9-3-4-16(28)14-27/h2,5-8,12-13,16,28H,3-4,9-11,14H2,1H3,(H,23,25,26). The molecule has 0 aromatic carbocycles. The quantitative estimate of drug-likeness (QED) is 0.624. The van der Waals surface area contributed by atoms with Crippen molar-refractivity contribution in [2.75, 3.05) is 36.5 Å². The number of aromatic nitrogens is 3. The number of aliphatic hydroxyl groups excluding tert-OH is 1. The molecule has 8 nitrogen and oxygen atoms in total. The van der Waals surface area contributed by atoms with Gasteiger partial charge in [-0.2, -0.15) is 0 Å². The van der Waals surface area contributed by atoms with Gasteiger partial charge in [0.25, 0.3) is 0 Å². The van der Waals surface area contributed by atoms with Crippen LogP contribution in [0.3, 0.4) is 0 Å². The molecule has 9 heteroatoms. The second-order valence-electron chi connectivity index (χ2n) is 7.85. The molecule has 0 aliphatic carbocycles. The lowest BCUT2D eigenvalue weighted by molar-refractivity contribution is -0.149. The van der Waals surface area contributed by atoms with E-state index in [1.165, 1.54) is 0 Å². The summed E-state index contributed by atoms with van der Waals surface area (Å²) in [5, 5.41) is 14.1. The maximum Gasteiger partial charge on any atom is 0.192 e. The summed E-state index contributed by atoms with van der Waals surface area (Å²) in [7, 11) is 0. The van der Waals surface area contributed by atoms with Crippen LogP contribution < -0.4 is 10.2 Å². The van der Waals surface area contributed by atoms with Gasteiger partial charge in [-0.05, 0) is 44.0 Å². The number of nitrogens with zero attached hydrogens (tertiary/aromatic N) is 4. The minimum Gasteiger partial charge on any atom is -0.391 e. The SMILES string of the molecule is CC1(c2ccnc(Nc3cccc(-c4cnc(N5CCCC(O)C5)s4)n3)c2)OCCO1. The highest BCUT2D eigenvalue weighted by molar-refractivity contribution is 7.18. The van der Waals surface area contributed by atoms with Gasteiger partial charge in [0.1, 0.15) is 11.6 Å². The van der Waals surface area contributed by atoms with E-state index in [1.807, 2.05) is 43.5 Å². The number of hydrogen-bond donors (Lipinski definition) is 2. The first-order chi connectivity index (χ1) is 15.1. The van der Waals surface area contributed by atoms with Gasteiger partial charge in [-0.15, -0.1) is 0 Å². The van der Waals surface area contributed by atoms with Crippen molar-refractivity contribution in [2.24, 2.45) is 0 Å². The van der Waals surface area contributed by atoms with E-state index in [0.29, 0.717) is 31.4 Å². The van der Waals surface area contributed by atoms with Crippen molar-refractivity contribution >= 4 is 28.1 Å². The molecule has 2 fully saturated rings. The van der Waals surface area contributed by atoms with Crippen LogP contribution in [0, 0.1) is 0 Å². The van der Waals surface area contributed by atoms with Crippen molar-refractivity contribution in [3.8, 4) is 10.6 Å². The topological polar surface area (TPSA) is 92.6 Å². The Hall–Kier alpha value is -2.59. The molecule has 5 heterocycles. The van der Waals surface area contributed by atoms with Crippen molar-refractivity contribution in [1.29, 1.82) is 0 Å². The summed E-state index contributed by atoms with van der Waals surface area (Å²) < 4.78 is 11.5. The number of thiazole rings is 1. The fourth-order valence-electron chi connectivity index (χ4n) is 3.89. The molecule has 2 N–H and O–H groups in total. The van der Waals surface area contributed by atoms with E-state index in [1.54, 1.807) is 17.5 Å². The maximum absolute atomic E-state index is 9.94. The Morgan fingerprint density at radius 1 is 1.19 bits per heavy atom. The molecule has 0 radical (unpaired) electrons. The van der Waals surface area contributed by atoms with Crippen LogP contribution in [0.15, 0.2) is 42.7 Å². The molecule has 1 unspecified atom stereocenters. The molecule has 1 atom stereocenters. The Morgan fingerprint density at radius 3 is 2.90 bits per heavy atom. The number of β-amino-alcohol motifs (C(OH)–C–C–N with tert-alkyl or cyclic N) is 1. The van der Waals surface area contributed by atoms with E-state index in [9.17, 15) is 5.11 Å². The maximum atomic E-state index is 9.94. The van der Waals surface area contributed by atoms with E-state index < -0.39 is 5.79 Å². The zero-order valence-electron chi connectivity index (χ0n) is 17.3. The minimum absolute atomic E-state index is 0.280. The van der Waals surface area contributed by atoms with Gasteiger partial charge < -0.3 is 24.8 Å². The molecule has 0 bridgehead atoms. The van der Waals surface area contributed by atoms with Gasteiger partial charge in [0, 0.05) is 31.0 Å². The van der Waals surface area contributed by atoms with Crippen molar-refractivity contribution in [3.05, 3.63) is 48.3 Å². The summed E-state index contributed by atoms with van der Waals surface area (Å²) in [6, 6.07) is 9.66. The molecule has 0 spiro atoms. The molecule has 0 saturated carbocycles. The number of hydrogen-bond acceptors (Lipinski definition) is 9. The zero-order chi connectivity index (χ0) is 21.3. The van der Waals surface area contributed by atoms with Crippen molar-refractivity contribution in [1.82, 2.24) is 15.0 Å². The van der Waals surface area contributed by atoms with Crippen molar-refractivity contribution in [2.45, 2.75) is 31.7 Å². The second kappa shape index (κ2) is 8.51. The summed E-state index contributed by atoms with van der Waals surface area (Å²) in [4.78, 5) is 16.8. The highest BCUT2D eigenvalue weighted by Gasteiger charge is 2.33. The van der Waals surface area contributed by atoms with Gasteiger partial charge in [0.05, 0.1) is 29.9 Å². The van der Waals surface area contributed by atoms with E-state index in [2.05, 4.69) is 20.2 Å². The smallest absolute Gasteiger partial charge is 0.192 e. The largest absolute Gasteiger partial charge is 0.391 e. The molecular formula is C22H25N5O3S. The third kappa shape index (κ3) is 4.40. The van der Waals surface area contributed by atoms with Crippen LogP contribution >= 0.6 is 11.3 Å². The van der Waals surface area contributed by atoms with Crippen LogP contribution in [0.5, 0.6) is 0 Å². The van der Waals surface area contributed by atoms with Gasteiger partial charge in [0.2, 0.25) is 0 Å². The molecule has 162 valence electrons. The summed E-state index contributed by atoms with van der Waals surface area (Å²) >= 11 is 1.59. The summed E-state index contributed by atoms with van der Waals surface area (Å²) in [6.45, 7) is 4.64. The van der Waals surface area contributed by atoms with Gasteiger partial charge in [-0.1, -0.05) is 17.4 Å². The van der Waals surface area contributed by atoms with E-state index in [-0.39, 0.29) is 6.10 Å². The van der Waals surface area contributed by atoms with Crippen LogP contribution in [0.25, 0.3) is 10.6 Å². The van der Waals surface area contributed by atoms with Crippen LogP contribution in [0.2, 0.25) is 0 Å². The Bertz CT molecular complexity index is 1050. The number of nitrogens with one attached hydrogen (secondary N) is 1. The molecule has 2 aliphatic heterocycles. The monoisotopic (exact) mass is 439 g/mol. The number of piperidine rings is 1. The lowest BCUT2D eigenvalue weighted by atomic mass is 10.1. The summed E-state index contributed by atoms with van der Waals surface area (Å²) in [5.74, 6) is 0.633. The van der Waals surface area contributed by atoms with Gasteiger partial charge in [0.15, 0.2) is 10.9 Å². The fraction of sp³-hybridized carbons (Fsp3) is 0.409. The van der Waals surface area contributed by atoms with Gasteiger partial charge in [-0.25, -0.2) is 15.0 Å². The molecule has 3 aromatic heterocycles. The van der Waals surface area contributed by atoms with E-state index in [0.717, 1.165) is 40.7 Å². The van der Waals surface area contributed by atoms with Crippen LogP contribution in [0.1, 0.15) is 25.3 Å². The molecule has 3 aromatic rings. The molecule has 5 rings (SSSR count). The van der Waals surface area contributed by atoms with Crippen LogP contribution in [-0.2, 0) is 15.3 Å². The zero-order valence-corrected chi connectivity index (χ0v) is 18.1. The highest BCUT2D eigenvalue weighted by atomic mass is 32.1. The predicted molar refractivity (Wildman–Crippen MR) is 120 cm³/mol.